The van der Waals surface area contributed by atoms with E-state index in [0.29, 0.717) is 3.57 Å². The van der Waals surface area contributed by atoms with Crippen LogP contribution in [0, 0.1) is 37.1 Å². The van der Waals surface area contributed by atoms with E-state index >= 15 is 0 Å². The van der Waals surface area contributed by atoms with Crippen LogP contribution in [0.15, 0.2) is 30.3 Å². The summed E-state index contributed by atoms with van der Waals surface area (Å²) in [7, 11) is 0. The highest BCUT2D eigenvalue weighted by atomic mass is 127. The van der Waals surface area contributed by atoms with Gasteiger partial charge < -0.3 is 15.3 Å². The van der Waals surface area contributed by atoms with E-state index in [1.165, 1.54) is 12.1 Å². The molecular formula is C21H21F3IN3O4. The fourth-order valence-corrected chi connectivity index (χ4v) is 4.12. The van der Waals surface area contributed by atoms with Crippen LogP contribution in [0.4, 0.5) is 24.5 Å². The molecule has 1 unspecified atom stereocenters. The number of rotatable bonds is 7. The molecule has 1 heterocycles. The molecule has 1 fully saturated rings. The Labute approximate surface area is 195 Å². The molecule has 172 valence electrons. The van der Waals surface area contributed by atoms with E-state index in [0.717, 1.165) is 17.0 Å². The van der Waals surface area contributed by atoms with Gasteiger partial charge in [0, 0.05) is 14.9 Å². The van der Waals surface area contributed by atoms with Crippen LogP contribution in [0.3, 0.4) is 0 Å². The molecule has 1 aliphatic heterocycles. The molecule has 1 amide bonds. The summed E-state index contributed by atoms with van der Waals surface area (Å²) in [6.45, 7) is 2.90. The van der Waals surface area contributed by atoms with Gasteiger partial charge in [0.25, 0.3) is 5.91 Å². The molecule has 3 rings (SSSR count). The highest BCUT2D eigenvalue weighted by molar-refractivity contribution is 14.1. The number of anilines is 2. The van der Waals surface area contributed by atoms with E-state index in [1.807, 2.05) is 22.6 Å². The van der Waals surface area contributed by atoms with Gasteiger partial charge in [0.05, 0.1) is 30.0 Å². The van der Waals surface area contributed by atoms with E-state index in [1.54, 1.807) is 19.9 Å². The molecule has 2 N–H and O–H groups in total. The van der Waals surface area contributed by atoms with Crippen molar-refractivity contribution in [2.75, 3.05) is 18.4 Å². The van der Waals surface area contributed by atoms with Crippen LogP contribution in [0.5, 0.6) is 0 Å². The average molecular weight is 563 g/mol. The first-order valence-corrected chi connectivity index (χ1v) is 10.9. The maximum absolute atomic E-state index is 14.6. The molecule has 0 bridgehead atoms. The number of hydrogen-bond donors (Lipinski definition) is 2. The topological polar surface area (TPSA) is 95.7 Å². The maximum Gasteiger partial charge on any atom is 0.256 e. The third-order valence-electron chi connectivity index (χ3n) is 5.30. The first-order valence-electron chi connectivity index (χ1n) is 9.78. The van der Waals surface area contributed by atoms with Gasteiger partial charge in [-0.15, -0.1) is 0 Å². The summed E-state index contributed by atoms with van der Waals surface area (Å²) in [6.07, 6.45) is 0.121. The van der Waals surface area contributed by atoms with Crippen LogP contribution >= 0.6 is 22.6 Å². The van der Waals surface area contributed by atoms with Gasteiger partial charge in [0.1, 0.15) is 5.82 Å². The molecule has 1 atom stereocenters. The number of carbonyl (C=O) groups excluding carboxylic acids is 1. The summed E-state index contributed by atoms with van der Waals surface area (Å²) in [4.78, 5) is 24.9. The molecule has 11 heteroatoms. The number of nitro groups is 1. The largest absolute Gasteiger partial charge is 0.379 e. The number of halogens is 4. The molecule has 7 nitrogen and oxygen atoms in total. The third kappa shape index (κ3) is 4.82. The summed E-state index contributed by atoms with van der Waals surface area (Å²) in [5.74, 6) is -4.15. The van der Waals surface area contributed by atoms with Crippen molar-refractivity contribution in [2.24, 2.45) is 5.92 Å². The Bertz CT molecular complexity index is 1060. The van der Waals surface area contributed by atoms with E-state index in [-0.39, 0.29) is 36.7 Å². The van der Waals surface area contributed by atoms with Gasteiger partial charge >= 0.3 is 0 Å². The first kappa shape index (κ1) is 24.2. The van der Waals surface area contributed by atoms with Crippen molar-refractivity contribution in [3.63, 3.8) is 0 Å². The molecule has 0 saturated carbocycles. The van der Waals surface area contributed by atoms with E-state index in [2.05, 4.69) is 5.32 Å². The van der Waals surface area contributed by atoms with E-state index in [4.69, 9.17) is 0 Å². The Morgan fingerprint density at radius 2 is 1.91 bits per heavy atom. The van der Waals surface area contributed by atoms with Crippen molar-refractivity contribution < 1.29 is 28.0 Å². The van der Waals surface area contributed by atoms with Crippen LogP contribution in [0.1, 0.15) is 30.6 Å². The standard InChI is InChI=1S/C21H21F3IN3O4/c1-11(2)7-17(28(31)32)21(30)9-27(10-21)20(29)13-4-5-14(22)18(24)19(13)26-16-6-3-12(25)8-15(16)23/h3-6,8,11,17,26,30H,7,9-10H2,1-2H3. The number of likely N-dealkylation sites (tertiary alicyclic amines) is 1. The Kier molecular flexibility index (Phi) is 6.98. The Morgan fingerprint density at radius 1 is 1.25 bits per heavy atom. The number of hydrogen-bond acceptors (Lipinski definition) is 5. The lowest BCUT2D eigenvalue weighted by molar-refractivity contribution is -0.552. The second-order valence-electron chi connectivity index (χ2n) is 8.23. The summed E-state index contributed by atoms with van der Waals surface area (Å²) in [5, 5.41) is 24.5. The van der Waals surface area contributed by atoms with Crippen LogP contribution in [0.25, 0.3) is 0 Å². The zero-order valence-electron chi connectivity index (χ0n) is 17.2. The van der Waals surface area contributed by atoms with Gasteiger partial charge in [-0.05, 0) is 58.8 Å². The van der Waals surface area contributed by atoms with Crippen LogP contribution < -0.4 is 5.32 Å². The number of amides is 1. The smallest absolute Gasteiger partial charge is 0.256 e. The normalized spacial score (nSPS) is 15.9. The zero-order chi connectivity index (χ0) is 23.8. The Morgan fingerprint density at radius 3 is 2.47 bits per heavy atom. The second kappa shape index (κ2) is 9.22. The number of benzene rings is 2. The molecule has 2 aromatic rings. The van der Waals surface area contributed by atoms with Crippen molar-refractivity contribution in [1.29, 1.82) is 0 Å². The van der Waals surface area contributed by atoms with Crippen molar-refractivity contribution >= 4 is 39.9 Å². The minimum atomic E-state index is -1.72. The van der Waals surface area contributed by atoms with E-state index < -0.39 is 45.6 Å². The Hall–Kier alpha value is -2.41. The van der Waals surface area contributed by atoms with Gasteiger partial charge in [-0.2, -0.15) is 0 Å². The van der Waals surface area contributed by atoms with Crippen LogP contribution in [-0.4, -0.2) is 45.6 Å². The minimum Gasteiger partial charge on any atom is -0.379 e. The summed E-state index contributed by atoms with van der Waals surface area (Å²) in [5.41, 5.74) is -2.73. The number of aliphatic hydroxyl groups is 1. The second-order valence-corrected chi connectivity index (χ2v) is 9.47. The summed E-state index contributed by atoms with van der Waals surface area (Å²) in [6, 6.07) is 4.60. The SMILES string of the molecule is CC(C)CC([N+](=O)[O-])C1(O)CN(C(=O)c2ccc(F)c(F)c2Nc2ccc(I)cc2F)C1. The molecule has 0 spiro atoms. The van der Waals surface area contributed by atoms with Gasteiger partial charge in [-0.25, -0.2) is 13.2 Å². The quantitative estimate of drug-likeness (QED) is 0.297. The summed E-state index contributed by atoms with van der Waals surface area (Å²) < 4.78 is 43.3. The number of nitrogens with one attached hydrogen (secondary N) is 1. The van der Waals surface area contributed by atoms with Gasteiger partial charge in [-0.1, -0.05) is 13.8 Å². The lowest BCUT2D eigenvalue weighted by atomic mass is 9.81. The molecular weight excluding hydrogens is 542 g/mol. The maximum atomic E-state index is 14.6. The fourth-order valence-electron chi connectivity index (χ4n) is 3.66. The predicted molar refractivity (Wildman–Crippen MR) is 120 cm³/mol. The Balaban J connectivity index is 1.87. The monoisotopic (exact) mass is 563 g/mol. The predicted octanol–water partition coefficient (Wildman–Crippen LogP) is 4.33. The fraction of sp³-hybridized carbons (Fsp3) is 0.381. The lowest BCUT2D eigenvalue weighted by Crippen LogP contribution is -2.70. The number of β-amino-alcohol motifs (C(OH)–C–C–N with tert-alkyl or cyclic N) is 1. The van der Waals surface area contributed by atoms with Crippen molar-refractivity contribution in [3.05, 3.63) is 67.0 Å². The van der Waals surface area contributed by atoms with Crippen molar-refractivity contribution in [2.45, 2.75) is 31.9 Å². The summed E-state index contributed by atoms with van der Waals surface area (Å²) >= 11 is 1.89. The van der Waals surface area contributed by atoms with Crippen molar-refractivity contribution in [1.82, 2.24) is 4.90 Å². The van der Waals surface area contributed by atoms with Gasteiger partial charge in [0.15, 0.2) is 17.2 Å². The lowest BCUT2D eigenvalue weighted by Gasteiger charge is -2.47. The zero-order valence-corrected chi connectivity index (χ0v) is 19.4. The molecule has 0 aliphatic carbocycles. The molecule has 2 aromatic carbocycles. The minimum absolute atomic E-state index is 0.0509. The average Bonchev–Trinajstić information content (AvgIpc) is 2.68. The third-order valence-corrected chi connectivity index (χ3v) is 5.97. The molecule has 1 aliphatic rings. The van der Waals surface area contributed by atoms with Gasteiger partial charge in [0.2, 0.25) is 6.04 Å². The van der Waals surface area contributed by atoms with Crippen LogP contribution in [0.2, 0.25) is 0 Å². The van der Waals surface area contributed by atoms with Crippen molar-refractivity contribution in [3.8, 4) is 0 Å². The molecule has 32 heavy (non-hydrogen) atoms. The first-order chi connectivity index (χ1) is 14.9. The number of nitrogens with zero attached hydrogens (tertiary/aromatic N) is 2. The number of carbonyl (C=O) groups is 1. The molecule has 0 aromatic heterocycles. The van der Waals surface area contributed by atoms with E-state index in [9.17, 15) is 33.2 Å². The molecule has 0 radical (unpaired) electrons. The van der Waals surface area contributed by atoms with Gasteiger partial charge in [-0.3, -0.25) is 14.9 Å². The highest BCUT2D eigenvalue weighted by Crippen LogP contribution is 2.34. The van der Waals surface area contributed by atoms with Crippen LogP contribution in [-0.2, 0) is 0 Å². The molecule has 1 saturated heterocycles. The highest BCUT2D eigenvalue weighted by Gasteiger charge is 2.55.